The van der Waals surface area contributed by atoms with Crippen molar-refractivity contribution in [2.24, 2.45) is 11.5 Å². The number of sulfonamides is 1. The van der Waals surface area contributed by atoms with Gasteiger partial charge in [-0.2, -0.15) is 0 Å². The van der Waals surface area contributed by atoms with E-state index in [0.29, 0.717) is 5.56 Å². The summed E-state index contributed by atoms with van der Waals surface area (Å²) in [6.07, 6.45) is 5.96. The van der Waals surface area contributed by atoms with Crippen LogP contribution < -0.4 is 16.2 Å². The number of rotatable bonds is 5. The summed E-state index contributed by atoms with van der Waals surface area (Å²) < 4.78 is 27.5. The molecule has 1 aliphatic rings. The van der Waals surface area contributed by atoms with Crippen molar-refractivity contribution in [3.05, 3.63) is 29.3 Å². The van der Waals surface area contributed by atoms with E-state index in [0.717, 1.165) is 38.5 Å². The van der Waals surface area contributed by atoms with Gasteiger partial charge in [-0.1, -0.05) is 31.7 Å². The van der Waals surface area contributed by atoms with Crippen molar-refractivity contribution in [3.8, 4) is 0 Å². The Balaban J connectivity index is 0.00000288. The molecule has 136 valence electrons. The highest BCUT2D eigenvalue weighted by Crippen LogP contribution is 2.25. The normalized spacial score (nSPS) is 17.6. The van der Waals surface area contributed by atoms with E-state index in [2.05, 4.69) is 4.72 Å². The maximum absolute atomic E-state index is 12.5. The van der Waals surface area contributed by atoms with Crippen molar-refractivity contribution < 1.29 is 13.2 Å². The summed E-state index contributed by atoms with van der Waals surface area (Å²) >= 11 is 0. The van der Waals surface area contributed by atoms with Crippen molar-refractivity contribution in [1.29, 1.82) is 0 Å². The summed E-state index contributed by atoms with van der Waals surface area (Å²) in [5, 5.41) is 0. The maximum Gasteiger partial charge on any atom is 0.249 e. The summed E-state index contributed by atoms with van der Waals surface area (Å²) in [6, 6.07) is 4.37. The van der Waals surface area contributed by atoms with E-state index in [4.69, 9.17) is 11.5 Å². The predicted octanol–water partition coefficient (Wildman–Crippen LogP) is 1.85. The first-order valence-electron chi connectivity index (χ1n) is 7.93. The van der Waals surface area contributed by atoms with Crippen LogP contribution in [0.2, 0.25) is 0 Å². The summed E-state index contributed by atoms with van der Waals surface area (Å²) in [6.45, 7) is 1.92. The summed E-state index contributed by atoms with van der Waals surface area (Å²) in [5.74, 6) is -0.640. The molecule has 24 heavy (non-hydrogen) atoms. The molecular weight excluding hydrogens is 350 g/mol. The Hall–Kier alpha value is -1.15. The molecule has 0 aliphatic heterocycles. The van der Waals surface area contributed by atoms with Crippen LogP contribution in [0.5, 0.6) is 0 Å². The first-order chi connectivity index (χ1) is 10.7. The van der Waals surface area contributed by atoms with Gasteiger partial charge < -0.3 is 11.5 Å². The van der Waals surface area contributed by atoms with Crippen LogP contribution in [-0.2, 0) is 10.0 Å². The van der Waals surface area contributed by atoms with E-state index in [9.17, 15) is 13.2 Å². The van der Waals surface area contributed by atoms with Gasteiger partial charge in [-0.15, -0.1) is 12.4 Å². The highest BCUT2D eigenvalue weighted by Gasteiger charge is 2.28. The van der Waals surface area contributed by atoms with Crippen LogP contribution in [0.25, 0.3) is 0 Å². The molecule has 1 aromatic carbocycles. The van der Waals surface area contributed by atoms with Gasteiger partial charge in [0.15, 0.2) is 0 Å². The first-order valence-corrected chi connectivity index (χ1v) is 9.41. The molecule has 0 atom stereocenters. The first kappa shape index (κ1) is 20.9. The molecule has 1 amide bonds. The minimum Gasteiger partial charge on any atom is -0.366 e. The van der Waals surface area contributed by atoms with E-state index in [1.54, 1.807) is 13.0 Å². The molecule has 6 nitrogen and oxygen atoms in total. The van der Waals surface area contributed by atoms with Gasteiger partial charge in [-0.3, -0.25) is 4.79 Å². The number of benzene rings is 1. The van der Waals surface area contributed by atoms with Gasteiger partial charge in [0.05, 0.1) is 4.90 Å². The Labute approximate surface area is 149 Å². The van der Waals surface area contributed by atoms with Crippen LogP contribution in [0.15, 0.2) is 23.1 Å². The van der Waals surface area contributed by atoms with E-state index >= 15 is 0 Å². The average Bonchev–Trinajstić information content (AvgIpc) is 2.71. The maximum atomic E-state index is 12.5. The molecule has 1 aromatic rings. The molecule has 2 rings (SSSR count). The number of hydrogen-bond acceptors (Lipinski definition) is 4. The lowest BCUT2D eigenvalue weighted by Gasteiger charge is -2.28. The lowest BCUT2D eigenvalue weighted by Crippen LogP contribution is -2.49. The van der Waals surface area contributed by atoms with E-state index in [-0.39, 0.29) is 29.4 Å². The largest absolute Gasteiger partial charge is 0.366 e. The van der Waals surface area contributed by atoms with Crippen molar-refractivity contribution >= 4 is 28.3 Å². The number of nitrogens with two attached hydrogens (primary N) is 2. The zero-order chi connectivity index (χ0) is 17.1. The van der Waals surface area contributed by atoms with Gasteiger partial charge in [0, 0.05) is 17.6 Å². The number of aryl methyl sites for hydroxylation is 1. The van der Waals surface area contributed by atoms with Gasteiger partial charge in [0.1, 0.15) is 0 Å². The van der Waals surface area contributed by atoms with Crippen LogP contribution in [-0.4, -0.2) is 26.4 Å². The monoisotopic (exact) mass is 375 g/mol. The molecule has 8 heteroatoms. The Kier molecular flexibility index (Phi) is 7.22. The molecule has 1 aliphatic carbocycles. The molecule has 1 saturated carbocycles. The molecule has 0 bridgehead atoms. The molecule has 5 N–H and O–H groups in total. The highest BCUT2D eigenvalue weighted by atomic mass is 35.5. The Bertz CT molecular complexity index is 684. The smallest absolute Gasteiger partial charge is 0.249 e. The van der Waals surface area contributed by atoms with Gasteiger partial charge >= 0.3 is 0 Å². The molecule has 0 saturated heterocycles. The van der Waals surface area contributed by atoms with Crippen molar-refractivity contribution in [2.45, 2.75) is 55.9 Å². The van der Waals surface area contributed by atoms with E-state index < -0.39 is 21.5 Å². The molecule has 0 aromatic heterocycles. The van der Waals surface area contributed by atoms with Crippen molar-refractivity contribution in [1.82, 2.24) is 4.72 Å². The number of amides is 1. The number of primary amides is 1. The molecule has 0 radical (unpaired) electrons. The standard InChI is InChI=1S/C16H25N3O3S.ClH/c1-12-6-7-13(10-14(12)15(17)20)23(21,22)19-11-16(18)8-4-2-3-5-9-16;/h6-7,10,19H,2-5,8-9,11,18H2,1H3,(H2,17,20);1H. The molecule has 1 fully saturated rings. The van der Waals surface area contributed by atoms with Gasteiger partial charge in [0.2, 0.25) is 15.9 Å². The third-order valence-corrected chi connectivity index (χ3v) is 5.90. The quantitative estimate of drug-likeness (QED) is 0.681. The zero-order valence-corrected chi connectivity index (χ0v) is 15.5. The second kappa shape index (κ2) is 8.29. The molecule has 0 spiro atoms. The number of carbonyl (C=O) groups excluding carboxylic acids is 1. The number of nitrogens with one attached hydrogen (secondary N) is 1. The summed E-state index contributed by atoms with van der Waals surface area (Å²) in [4.78, 5) is 11.4. The topological polar surface area (TPSA) is 115 Å². The van der Waals surface area contributed by atoms with Crippen molar-refractivity contribution in [3.63, 3.8) is 0 Å². The lowest BCUT2D eigenvalue weighted by atomic mass is 9.92. The van der Waals surface area contributed by atoms with Crippen molar-refractivity contribution in [2.75, 3.05) is 6.54 Å². The second-order valence-corrected chi connectivity index (χ2v) is 8.21. The summed E-state index contributed by atoms with van der Waals surface area (Å²) in [7, 11) is -3.72. The Morgan fingerprint density at radius 1 is 1.21 bits per heavy atom. The van der Waals surface area contributed by atoms with E-state index in [1.165, 1.54) is 12.1 Å². The Morgan fingerprint density at radius 3 is 2.33 bits per heavy atom. The van der Waals surface area contributed by atoms with Crippen LogP contribution in [0.4, 0.5) is 0 Å². The van der Waals surface area contributed by atoms with Gasteiger partial charge in [-0.05, 0) is 37.5 Å². The molecule has 0 unspecified atom stereocenters. The fraction of sp³-hybridized carbons (Fsp3) is 0.562. The number of halogens is 1. The Morgan fingerprint density at radius 2 is 1.79 bits per heavy atom. The van der Waals surface area contributed by atoms with Gasteiger partial charge in [0.25, 0.3) is 0 Å². The summed E-state index contributed by atoms with van der Waals surface area (Å²) in [5.41, 5.74) is 12.0. The number of carbonyl (C=O) groups is 1. The zero-order valence-electron chi connectivity index (χ0n) is 13.9. The SMILES string of the molecule is Cc1ccc(S(=O)(=O)NCC2(N)CCCCCC2)cc1C(N)=O.Cl. The van der Waals surface area contributed by atoms with Gasteiger partial charge in [-0.25, -0.2) is 13.1 Å². The second-order valence-electron chi connectivity index (χ2n) is 6.44. The molecular formula is C16H26ClN3O3S. The highest BCUT2D eigenvalue weighted by molar-refractivity contribution is 7.89. The average molecular weight is 376 g/mol. The number of hydrogen-bond donors (Lipinski definition) is 3. The minimum absolute atomic E-state index is 0. The van der Waals surface area contributed by atoms with Crippen LogP contribution in [0.3, 0.4) is 0 Å². The van der Waals surface area contributed by atoms with Crippen LogP contribution >= 0.6 is 12.4 Å². The fourth-order valence-corrected chi connectivity index (χ4v) is 4.13. The third kappa shape index (κ3) is 5.17. The van der Waals surface area contributed by atoms with Crippen LogP contribution in [0, 0.1) is 6.92 Å². The third-order valence-electron chi connectivity index (χ3n) is 4.50. The minimum atomic E-state index is -3.72. The fourth-order valence-electron chi connectivity index (χ4n) is 2.97. The van der Waals surface area contributed by atoms with E-state index in [1.807, 2.05) is 0 Å². The predicted molar refractivity (Wildman–Crippen MR) is 96.8 cm³/mol. The van der Waals surface area contributed by atoms with Crippen LogP contribution in [0.1, 0.15) is 54.4 Å². The molecule has 0 heterocycles. The lowest BCUT2D eigenvalue weighted by molar-refractivity contribution is 0.0999.